The van der Waals surface area contributed by atoms with Crippen LogP contribution in [0.3, 0.4) is 0 Å². The van der Waals surface area contributed by atoms with Crippen LogP contribution in [0.25, 0.3) is 0 Å². The molecule has 10 heteroatoms. The molecule has 0 bridgehead atoms. The van der Waals surface area contributed by atoms with Gasteiger partial charge in [-0.1, -0.05) is 26.0 Å². The average Bonchev–Trinajstić information content (AvgIpc) is 3.31. The fourth-order valence-corrected chi connectivity index (χ4v) is 4.86. The van der Waals surface area contributed by atoms with Gasteiger partial charge in [-0.05, 0) is 24.3 Å². The van der Waals surface area contributed by atoms with E-state index in [1.54, 1.807) is 23.6 Å². The zero-order valence-corrected chi connectivity index (χ0v) is 19.0. The van der Waals surface area contributed by atoms with Crippen molar-refractivity contribution in [2.45, 2.75) is 18.7 Å². The lowest BCUT2D eigenvalue weighted by Crippen LogP contribution is -2.30. The van der Waals surface area contributed by atoms with Gasteiger partial charge >= 0.3 is 5.97 Å². The molecule has 2 aromatic carbocycles. The number of aromatic nitrogens is 1. The first-order valence-electron chi connectivity index (χ1n) is 9.63. The lowest BCUT2D eigenvalue weighted by Gasteiger charge is -2.32. The van der Waals surface area contributed by atoms with Crippen molar-refractivity contribution in [3.05, 3.63) is 59.6 Å². The van der Waals surface area contributed by atoms with E-state index in [-0.39, 0.29) is 10.0 Å². The van der Waals surface area contributed by atoms with Crippen molar-refractivity contribution in [3.63, 3.8) is 0 Å². The summed E-state index contributed by atoms with van der Waals surface area (Å²) in [5.74, 6) is -0.0292. The summed E-state index contributed by atoms with van der Waals surface area (Å²) in [4.78, 5) is 18.1. The number of hydrogen-bond acceptors (Lipinski definition) is 8. The van der Waals surface area contributed by atoms with Crippen LogP contribution in [-0.2, 0) is 14.8 Å². The summed E-state index contributed by atoms with van der Waals surface area (Å²) >= 11 is 1.19. The minimum absolute atomic E-state index is 0.0644. The van der Waals surface area contributed by atoms with Gasteiger partial charge in [-0.15, -0.1) is 11.3 Å². The van der Waals surface area contributed by atoms with Crippen LogP contribution in [0.1, 0.15) is 24.2 Å². The van der Waals surface area contributed by atoms with Gasteiger partial charge in [-0.25, -0.2) is 18.2 Å². The quantitative estimate of drug-likeness (QED) is 0.566. The molecule has 8 nitrogen and oxygen atoms in total. The van der Waals surface area contributed by atoms with Crippen LogP contribution in [0, 0.1) is 0 Å². The second-order valence-corrected chi connectivity index (χ2v) is 8.66. The first kappa shape index (κ1) is 22.6. The summed E-state index contributed by atoms with van der Waals surface area (Å²) in [6.45, 7) is 4.84. The minimum atomic E-state index is -3.80. The summed E-state index contributed by atoms with van der Waals surface area (Å²) in [5, 5.41) is 1.97. The number of hydrogen-bond donors (Lipinski definition) is 1. The fraction of sp³-hybridized carbons (Fsp3) is 0.238. The lowest BCUT2D eigenvalue weighted by atomic mass is 10.1. The van der Waals surface area contributed by atoms with Crippen LogP contribution in [-0.4, -0.2) is 39.6 Å². The normalized spacial score (nSPS) is 12.7. The van der Waals surface area contributed by atoms with Crippen molar-refractivity contribution in [1.82, 2.24) is 4.98 Å². The van der Waals surface area contributed by atoms with E-state index in [9.17, 15) is 13.2 Å². The van der Waals surface area contributed by atoms with Crippen molar-refractivity contribution in [2.75, 3.05) is 29.9 Å². The van der Waals surface area contributed by atoms with Crippen molar-refractivity contribution in [3.8, 4) is 5.75 Å². The molecule has 0 aliphatic carbocycles. The highest BCUT2D eigenvalue weighted by Gasteiger charge is 2.26. The highest BCUT2D eigenvalue weighted by Crippen LogP contribution is 2.39. The Labute approximate surface area is 185 Å². The number of fused-ring (bicyclic) bond motifs is 1. The van der Waals surface area contributed by atoms with Gasteiger partial charge in [0, 0.05) is 17.6 Å². The molecule has 0 unspecified atom stereocenters. The molecule has 2 heterocycles. The molecule has 0 amide bonds. The predicted molar refractivity (Wildman–Crippen MR) is 121 cm³/mol. The number of nitrogens with one attached hydrogen (secondary N) is 1. The number of carbonyl (C=O) groups is 1. The molecule has 0 fully saturated rings. The number of esters is 1. The molecule has 1 aliphatic heterocycles. The fourth-order valence-electron chi connectivity index (χ4n) is 3.06. The van der Waals surface area contributed by atoms with E-state index in [1.165, 1.54) is 36.8 Å². The topological polar surface area (TPSA) is 97.8 Å². The molecular weight excluding hydrogens is 438 g/mol. The highest BCUT2D eigenvalue weighted by molar-refractivity contribution is 7.93. The monoisotopic (exact) mass is 461 g/mol. The van der Waals surface area contributed by atoms with Crippen molar-refractivity contribution < 1.29 is 22.7 Å². The summed E-state index contributed by atoms with van der Waals surface area (Å²) < 4.78 is 38.3. The molecule has 0 atom stereocenters. The van der Waals surface area contributed by atoms with Gasteiger partial charge in [0.2, 0.25) is 0 Å². The predicted octanol–water partition coefficient (Wildman–Crippen LogP) is 4.29. The van der Waals surface area contributed by atoms with Gasteiger partial charge in [0.25, 0.3) is 10.0 Å². The minimum Gasteiger partial charge on any atom is -0.489 e. The Balaban J connectivity index is 0.00000132. The van der Waals surface area contributed by atoms with E-state index >= 15 is 0 Å². The molecule has 1 aromatic heterocycles. The van der Waals surface area contributed by atoms with Crippen LogP contribution < -0.4 is 14.4 Å². The molecule has 31 heavy (non-hydrogen) atoms. The number of para-hydroxylation sites is 1. The van der Waals surface area contributed by atoms with E-state index in [0.29, 0.717) is 35.8 Å². The van der Waals surface area contributed by atoms with Crippen LogP contribution >= 0.6 is 11.3 Å². The second-order valence-electron chi connectivity index (χ2n) is 6.08. The third-order valence-corrected chi connectivity index (χ3v) is 6.51. The Bertz CT molecular complexity index is 1150. The summed E-state index contributed by atoms with van der Waals surface area (Å²) in [7, 11) is -2.47. The average molecular weight is 462 g/mol. The first-order valence-corrected chi connectivity index (χ1v) is 12.0. The van der Waals surface area contributed by atoms with Gasteiger partial charge in [0.1, 0.15) is 12.4 Å². The summed E-state index contributed by atoms with van der Waals surface area (Å²) in [6, 6.07) is 11.7. The van der Waals surface area contributed by atoms with Crippen molar-refractivity contribution in [1.29, 1.82) is 0 Å². The van der Waals surface area contributed by atoms with Gasteiger partial charge < -0.3 is 14.4 Å². The molecule has 0 saturated carbocycles. The van der Waals surface area contributed by atoms with Gasteiger partial charge in [-0.3, -0.25) is 4.72 Å². The molecule has 0 saturated heterocycles. The number of anilines is 3. The molecule has 3 aromatic rings. The Hall–Kier alpha value is -3.11. The summed E-state index contributed by atoms with van der Waals surface area (Å²) in [6.07, 6.45) is 1.52. The largest absolute Gasteiger partial charge is 0.489 e. The number of nitrogens with zero attached hydrogens (tertiary/aromatic N) is 2. The maximum atomic E-state index is 12.6. The van der Waals surface area contributed by atoms with Crippen LogP contribution in [0.2, 0.25) is 0 Å². The van der Waals surface area contributed by atoms with E-state index in [4.69, 9.17) is 9.47 Å². The van der Waals surface area contributed by atoms with Crippen molar-refractivity contribution >= 4 is 43.8 Å². The maximum Gasteiger partial charge on any atom is 0.339 e. The zero-order chi connectivity index (χ0) is 22.4. The molecule has 1 N–H and O–H groups in total. The third-order valence-electron chi connectivity index (χ3n) is 4.36. The molecule has 1 aliphatic rings. The molecule has 0 spiro atoms. The SMILES string of the molecule is CC.COC(=O)c1ccccc1N1CCOc2cc(S(=O)(=O)Nc3nccs3)ccc21. The number of thiazole rings is 1. The third kappa shape index (κ3) is 4.80. The molecular formula is C21H23N3O5S2. The Kier molecular flexibility index (Phi) is 7.13. The smallest absolute Gasteiger partial charge is 0.339 e. The zero-order valence-electron chi connectivity index (χ0n) is 17.4. The van der Waals surface area contributed by atoms with Crippen LogP contribution in [0.15, 0.2) is 58.9 Å². The van der Waals surface area contributed by atoms with Crippen LogP contribution in [0.5, 0.6) is 5.75 Å². The van der Waals surface area contributed by atoms with E-state index < -0.39 is 16.0 Å². The maximum absolute atomic E-state index is 12.6. The Morgan fingerprint density at radius 1 is 1.19 bits per heavy atom. The number of rotatable bonds is 5. The number of carbonyl (C=O) groups excluding carboxylic acids is 1. The van der Waals surface area contributed by atoms with Crippen molar-refractivity contribution in [2.24, 2.45) is 0 Å². The molecule has 0 radical (unpaired) electrons. The van der Waals surface area contributed by atoms with E-state index in [0.717, 1.165) is 0 Å². The van der Waals surface area contributed by atoms with Crippen LogP contribution in [0.4, 0.5) is 16.5 Å². The highest BCUT2D eigenvalue weighted by atomic mass is 32.2. The molecule has 164 valence electrons. The van der Waals surface area contributed by atoms with E-state index in [2.05, 4.69) is 9.71 Å². The van der Waals surface area contributed by atoms with E-state index in [1.807, 2.05) is 30.9 Å². The number of ether oxygens (including phenoxy) is 2. The lowest BCUT2D eigenvalue weighted by molar-refractivity contribution is 0.0601. The molecule has 4 rings (SSSR count). The first-order chi connectivity index (χ1) is 15.0. The van der Waals surface area contributed by atoms with Gasteiger partial charge in [0.15, 0.2) is 5.13 Å². The van der Waals surface area contributed by atoms with Gasteiger partial charge in [0.05, 0.1) is 35.5 Å². The second kappa shape index (κ2) is 9.80. The number of sulfonamides is 1. The Morgan fingerprint density at radius 3 is 2.68 bits per heavy atom. The number of benzene rings is 2. The number of methoxy groups -OCH3 is 1. The Morgan fingerprint density at radius 2 is 1.97 bits per heavy atom. The summed E-state index contributed by atoms with van der Waals surface area (Å²) in [5.41, 5.74) is 1.76. The standard InChI is InChI=1S/C19H17N3O5S2.C2H6/c1-26-18(23)14-4-2-3-5-15(14)22-9-10-27-17-12-13(6-7-16(17)22)29(24,25)21-19-20-8-11-28-19;1-2/h2-8,11-12H,9-10H2,1H3,(H,20,21);1-2H3. The van der Waals surface area contributed by atoms with Gasteiger partial charge in [-0.2, -0.15) is 0 Å².